The van der Waals surface area contributed by atoms with Gasteiger partial charge in [-0.25, -0.2) is 0 Å². The Morgan fingerprint density at radius 2 is 2.08 bits per heavy atom. The molecule has 0 aromatic heterocycles. The Labute approximate surface area is 77.5 Å². The lowest BCUT2D eigenvalue weighted by molar-refractivity contribution is -0.135. The molecule has 0 amide bonds. The molecule has 0 heterocycles. The van der Waals surface area contributed by atoms with Gasteiger partial charge in [0.05, 0.1) is 6.61 Å². The molecular weight excluding hydrogens is 172 g/mol. The van der Waals surface area contributed by atoms with Crippen molar-refractivity contribution in [2.24, 2.45) is 0 Å². The molecule has 0 radical (unpaired) electrons. The number of ether oxygens (including phenoxy) is 2. The molecule has 0 aliphatic carbocycles. The van der Waals surface area contributed by atoms with Crippen molar-refractivity contribution in [2.75, 3.05) is 6.61 Å². The zero-order chi connectivity index (χ0) is 9.94. The third kappa shape index (κ3) is 7.05. The second-order valence-electron chi connectivity index (χ2n) is 2.49. The van der Waals surface area contributed by atoms with Crippen molar-refractivity contribution in [1.29, 1.82) is 0 Å². The lowest BCUT2D eigenvalue weighted by Crippen LogP contribution is -2.11. The summed E-state index contributed by atoms with van der Waals surface area (Å²) in [5.41, 5.74) is 0. The van der Waals surface area contributed by atoms with Crippen LogP contribution >= 0.6 is 0 Å². The Bertz CT molecular complexity index is 146. The molecule has 74 valence electrons. The van der Waals surface area contributed by atoms with E-state index in [4.69, 9.17) is 4.74 Å². The topological polar surface area (TPSA) is 52.6 Å². The highest BCUT2D eigenvalue weighted by Crippen LogP contribution is 2.06. The van der Waals surface area contributed by atoms with E-state index in [-0.39, 0.29) is 6.10 Å². The van der Waals surface area contributed by atoms with Crippen LogP contribution in [0.15, 0.2) is 12.7 Å². The highest BCUT2D eigenvalue weighted by atomic mass is 16.5. The maximum atomic E-state index is 10.0. The van der Waals surface area contributed by atoms with Crippen LogP contribution in [0, 0.1) is 0 Å². The summed E-state index contributed by atoms with van der Waals surface area (Å²) < 4.78 is 9.26. The van der Waals surface area contributed by atoms with Gasteiger partial charge in [-0.3, -0.25) is 9.59 Å². The second-order valence-corrected chi connectivity index (χ2v) is 2.49. The zero-order valence-electron chi connectivity index (χ0n) is 7.48. The highest BCUT2D eigenvalue weighted by molar-refractivity contribution is 5.37. The molecule has 0 saturated carbocycles. The standard InChI is InChI=1S/C9H14O4/c1-2-4-9(13-8-11)5-3-6-12-7-10/h2,7-9H,1,3-6H2/t9-/m0/s1. The van der Waals surface area contributed by atoms with Gasteiger partial charge >= 0.3 is 0 Å². The van der Waals surface area contributed by atoms with Crippen molar-refractivity contribution in [2.45, 2.75) is 25.4 Å². The maximum Gasteiger partial charge on any atom is 0.293 e. The van der Waals surface area contributed by atoms with Gasteiger partial charge in [0.1, 0.15) is 6.10 Å². The van der Waals surface area contributed by atoms with Crippen molar-refractivity contribution in [3.8, 4) is 0 Å². The van der Waals surface area contributed by atoms with E-state index in [1.807, 2.05) is 0 Å². The van der Waals surface area contributed by atoms with E-state index in [1.54, 1.807) is 6.08 Å². The Hall–Kier alpha value is -1.32. The van der Waals surface area contributed by atoms with Gasteiger partial charge < -0.3 is 9.47 Å². The van der Waals surface area contributed by atoms with Crippen LogP contribution in [0.2, 0.25) is 0 Å². The van der Waals surface area contributed by atoms with Crippen LogP contribution in [-0.4, -0.2) is 25.7 Å². The van der Waals surface area contributed by atoms with E-state index in [9.17, 15) is 9.59 Å². The van der Waals surface area contributed by atoms with Crippen LogP contribution in [0.25, 0.3) is 0 Å². The van der Waals surface area contributed by atoms with E-state index in [0.29, 0.717) is 38.8 Å². The molecule has 13 heavy (non-hydrogen) atoms. The van der Waals surface area contributed by atoms with Crippen molar-refractivity contribution < 1.29 is 19.1 Å². The fraction of sp³-hybridized carbons (Fsp3) is 0.556. The maximum absolute atomic E-state index is 10.0. The Balaban J connectivity index is 3.48. The van der Waals surface area contributed by atoms with Crippen molar-refractivity contribution in [3.63, 3.8) is 0 Å². The average molecular weight is 186 g/mol. The highest BCUT2D eigenvalue weighted by Gasteiger charge is 2.06. The quantitative estimate of drug-likeness (QED) is 0.307. The van der Waals surface area contributed by atoms with Gasteiger partial charge in [0.2, 0.25) is 0 Å². The van der Waals surface area contributed by atoms with Gasteiger partial charge in [-0.15, -0.1) is 6.58 Å². The molecule has 0 aliphatic rings. The SMILES string of the molecule is C=CC[C@@H](CCCOC=O)OC=O. The number of carbonyl (C=O) groups is 2. The fourth-order valence-corrected chi connectivity index (χ4v) is 0.948. The lowest BCUT2D eigenvalue weighted by atomic mass is 10.1. The minimum atomic E-state index is -0.148. The molecule has 0 spiro atoms. The molecule has 0 unspecified atom stereocenters. The Morgan fingerprint density at radius 3 is 2.62 bits per heavy atom. The van der Waals surface area contributed by atoms with Crippen LogP contribution in [0.1, 0.15) is 19.3 Å². The molecule has 0 rings (SSSR count). The van der Waals surface area contributed by atoms with Crippen LogP contribution < -0.4 is 0 Å². The summed E-state index contributed by atoms with van der Waals surface area (Å²) >= 11 is 0. The third-order valence-corrected chi connectivity index (χ3v) is 1.53. The molecule has 0 aromatic carbocycles. The van der Waals surface area contributed by atoms with Crippen molar-refractivity contribution in [1.82, 2.24) is 0 Å². The number of rotatable bonds is 9. The van der Waals surface area contributed by atoms with E-state index in [2.05, 4.69) is 11.3 Å². The summed E-state index contributed by atoms with van der Waals surface area (Å²) in [6.45, 7) is 4.74. The minimum absolute atomic E-state index is 0.148. The minimum Gasteiger partial charge on any atom is -0.468 e. The summed E-state index contributed by atoms with van der Waals surface area (Å²) in [5, 5.41) is 0. The van der Waals surface area contributed by atoms with Crippen LogP contribution in [-0.2, 0) is 19.1 Å². The molecule has 1 atom stereocenters. The van der Waals surface area contributed by atoms with Gasteiger partial charge in [0.15, 0.2) is 0 Å². The van der Waals surface area contributed by atoms with Crippen LogP contribution in [0.4, 0.5) is 0 Å². The Kier molecular flexibility index (Phi) is 7.88. The van der Waals surface area contributed by atoms with Gasteiger partial charge in [0.25, 0.3) is 12.9 Å². The summed E-state index contributed by atoms with van der Waals surface area (Å²) in [6.07, 6.45) is 3.53. The summed E-state index contributed by atoms with van der Waals surface area (Å²) in [7, 11) is 0. The molecule has 0 fully saturated rings. The number of carbonyl (C=O) groups excluding carboxylic acids is 2. The normalized spacial score (nSPS) is 11.4. The van der Waals surface area contributed by atoms with Crippen molar-refractivity contribution in [3.05, 3.63) is 12.7 Å². The molecule has 4 nitrogen and oxygen atoms in total. The Morgan fingerprint density at radius 1 is 1.31 bits per heavy atom. The first-order chi connectivity index (χ1) is 6.35. The monoisotopic (exact) mass is 186 g/mol. The van der Waals surface area contributed by atoms with E-state index in [0.717, 1.165) is 0 Å². The first-order valence-corrected chi connectivity index (χ1v) is 4.10. The number of hydrogen-bond acceptors (Lipinski definition) is 4. The molecule has 0 aromatic rings. The smallest absolute Gasteiger partial charge is 0.293 e. The second kappa shape index (κ2) is 8.77. The predicted octanol–water partition coefficient (Wildman–Crippen LogP) is 1.06. The van der Waals surface area contributed by atoms with Crippen LogP contribution in [0.3, 0.4) is 0 Å². The molecule has 0 aliphatic heterocycles. The van der Waals surface area contributed by atoms with Gasteiger partial charge in [-0.05, 0) is 12.8 Å². The third-order valence-electron chi connectivity index (χ3n) is 1.53. The van der Waals surface area contributed by atoms with Crippen LogP contribution in [0.5, 0.6) is 0 Å². The lowest BCUT2D eigenvalue weighted by Gasteiger charge is -2.11. The van der Waals surface area contributed by atoms with Gasteiger partial charge in [-0.1, -0.05) is 6.08 Å². The largest absolute Gasteiger partial charge is 0.468 e. The van der Waals surface area contributed by atoms with E-state index >= 15 is 0 Å². The first-order valence-electron chi connectivity index (χ1n) is 4.10. The molecule has 4 heteroatoms. The van der Waals surface area contributed by atoms with E-state index in [1.165, 1.54) is 0 Å². The predicted molar refractivity (Wildman–Crippen MR) is 47.0 cm³/mol. The van der Waals surface area contributed by atoms with Crippen molar-refractivity contribution >= 4 is 12.9 Å². The zero-order valence-corrected chi connectivity index (χ0v) is 7.48. The average Bonchev–Trinajstić information content (AvgIpc) is 2.13. The summed E-state index contributed by atoms with van der Waals surface area (Å²) in [6, 6.07) is 0. The number of hydrogen-bond donors (Lipinski definition) is 0. The molecule has 0 bridgehead atoms. The van der Waals surface area contributed by atoms with Gasteiger partial charge in [0, 0.05) is 6.42 Å². The first kappa shape index (κ1) is 11.7. The van der Waals surface area contributed by atoms with E-state index < -0.39 is 0 Å². The fourth-order valence-electron chi connectivity index (χ4n) is 0.948. The molecular formula is C9H14O4. The summed E-state index contributed by atoms with van der Waals surface area (Å²) in [4.78, 5) is 19.8. The molecule has 0 N–H and O–H groups in total. The summed E-state index contributed by atoms with van der Waals surface area (Å²) in [5.74, 6) is 0. The molecule has 0 saturated heterocycles. The van der Waals surface area contributed by atoms with Gasteiger partial charge in [-0.2, -0.15) is 0 Å².